The van der Waals surface area contributed by atoms with Crippen LogP contribution in [0.3, 0.4) is 0 Å². The standard InChI is InChI=1S/C18H25ClN2O2/c1-17(2)15-14(4-3-11-23-15)18(17,20)16(22)21-10-9-12-5-7-13(19)8-6-12/h5-8,14-15H,3-4,9-11,20H2,1-2H3,(H,21,22). The van der Waals surface area contributed by atoms with Gasteiger partial charge in [-0.15, -0.1) is 0 Å². The Morgan fingerprint density at radius 1 is 1.39 bits per heavy atom. The molecular formula is C18H25ClN2O2. The molecule has 3 rings (SSSR count). The lowest BCUT2D eigenvalue weighted by Crippen LogP contribution is -2.82. The van der Waals surface area contributed by atoms with Gasteiger partial charge >= 0.3 is 0 Å². The van der Waals surface area contributed by atoms with Gasteiger partial charge in [-0.1, -0.05) is 37.6 Å². The topological polar surface area (TPSA) is 64.3 Å². The average Bonchev–Trinajstić information content (AvgIpc) is 2.55. The van der Waals surface area contributed by atoms with E-state index in [2.05, 4.69) is 5.32 Å². The molecule has 1 aromatic carbocycles. The van der Waals surface area contributed by atoms with Gasteiger partial charge in [0.05, 0.1) is 6.10 Å². The number of carbonyl (C=O) groups excluding carboxylic acids is 1. The van der Waals surface area contributed by atoms with Crippen LogP contribution in [0.4, 0.5) is 0 Å². The van der Waals surface area contributed by atoms with Gasteiger partial charge in [0.2, 0.25) is 5.91 Å². The first-order valence-electron chi connectivity index (χ1n) is 8.30. The molecule has 0 bridgehead atoms. The summed E-state index contributed by atoms with van der Waals surface area (Å²) >= 11 is 5.88. The molecule has 4 nitrogen and oxygen atoms in total. The summed E-state index contributed by atoms with van der Waals surface area (Å²) in [6.07, 6.45) is 2.82. The van der Waals surface area contributed by atoms with Crippen molar-refractivity contribution in [2.45, 2.75) is 44.8 Å². The van der Waals surface area contributed by atoms with Gasteiger partial charge in [-0.05, 0) is 37.0 Å². The van der Waals surface area contributed by atoms with Crippen LogP contribution in [0, 0.1) is 11.3 Å². The highest BCUT2D eigenvalue weighted by molar-refractivity contribution is 6.30. The third kappa shape index (κ3) is 2.67. The first-order chi connectivity index (χ1) is 10.9. The highest BCUT2D eigenvalue weighted by atomic mass is 35.5. The number of fused-ring (bicyclic) bond motifs is 1. The van der Waals surface area contributed by atoms with E-state index in [1.807, 2.05) is 38.1 Å². The van der Waals surface area contributed by atoms with Crippen LogP contribution < -0.4 is 11.1 Å². The largest absolute Gasteiger partial charge is 0.377 e. The molecule has 0 radical (unpaired) electrons. The van der Waals surface area contributed by atoms with Gasteiger partial charge in [0.25, 0.3) is 0 Å². The van der Waals surface area contributed by atoms with Crippen LogP contribution in [0.15, 0.2) is 24.3 Å². The minimum absolute atomic E-state index is 0.0526. The molecule has 5 heteroatoms. The Morgan fingerprint density at radius 2 is 2.09 bits per heavy atom. The van der Waals surface area contributed by atoms with Crippen molar-refractivity contribution in [1.29, 1.82) is 0 Å². The Bertz CT molecular complexity index is 587. The van der Waals surface area contributed by atoms with Crippen molar-refractivity contribution in [2.75, 3.05) is 13.2 Å². The van der Waals surface area contributed by atoms with E-state index in [-0.39, 0.29) is 23.3 Å². The molecule has 126 valence electrons. The van der Waals surface area contributed by atoms with E-state index in [1.54, 1.807) is 0 Å². The van der Waals surface area contributed by atoms with Crippen molar-refractivity contribution < 1.29 is 9.53 Å². The minimum Gasteiger partial charge on any atom is -0.377 e. The molecule has 3 atom stereocenters. The van der Waals surface area contributed by atoms with Gasteiger partial charge < -0.3 is 15.8 Å². The number of carbonyl (C=O) groups is 1. The average molecular weight is 337 g/mol. The Balaban J connectivity index is 1.60. The van der Waals surface area contributed by atoms with Crippen LogP contribution in [0.1, 0.15) is 32.3 Å². The van der Waals surface area contributed by atoms with Crippen LogP contribution in [0.25, 0.3) is 0 Å². The van der Waals surface area contributed by atoms with Crippen LogP contribution in [-0.4, -0.2) is 30.7 Å². The second-order valence-electron chi connectivity index (χ2n) is 7.26. The maximum Gasteiger partial charge on any atom is 0.241 e. The normalized spacial score (nSPS) is 31.8. The van der Waals surface area contributed by atoms with E-state index in [4.69, 9.17) is 22.1 Å². The van der Waals surface area contributed by atoms with Gasteiger partial charge in [-0.3, -0.25) is 4.79 Å². The lowest BCUT2D eigenvalue weighted by Gasteiger charge is -2.65. The van der Waals surface area contributed by atoms with Gasteiger partial charge in [0.1, 0.15) is 5.54 Å². The first-order valence-corrected chi connectivity index (χ1v) is 8.68. The summed E-state index contributed by atoms with van der Waals surface area (Å²) in [5.74, 6) is 0.0741. The molecule has 1 aliphatic heterocycles. The van der Waals surface area contributed by atoms with Gasteiger partial charge in [-0.25, -0.2) is 0 Å². The summed E-state index contributed by atoms with van der Waals surface area (Å²) in [7, 11) is 0. The molecule has 2 aliphatic rings. The molecule has 1 aromatic rings. The van der Waals surface area contributed by atoms with E-state index in [0.29, 0.717) is 6.54 Å². The summed E-state index contributed by atoms with van der Waals surface area (Å²) in [5.41, 5.74) is 6.55. The number of nitrogens with two attached hydrogens (primary N) is 1. The van der Waals surface area contributed by atoms with Crippen molar-refractivity contribution in [2.24, 2.45) is 17.1 Å². The second-order valence-corrected chi connectivity index (χ2v) is 7.70. The molecule has 1 aliphatic carbocycles. The highest BCUT2D eigenvalue weighted by Gasteiger charge is 2.70. The highest BCUT2D eigenvalue weighted by Crippen LogP contribution is 2.57. The molecule has 1 heterocycles. The van der Waals surface area contributed by atoms with Crippen molar-refractivity contribution in [1.82, 2.24) is 5.32 Å². The number of rotatable bonds is 4. The number of benzene rings is 1. The molecule has 3 unspecified atom stereocenters. The zero-order chi connectivity index (χ0) is 16.7. The molecule has 1 saturated carbocycles. The van der Waals surface area contributed by atoms with E-state index in [1.165, 1.54) is 0 Å². The third-order valence-corrected chi connectivity index (χ3v) is 5.92. The molecule has 0 aromatic heterocycles. The Hall–Kier alpha value is -1.10. The number of ether oxygens (including phenoxy) is 1. The van der Waals surface area contributed by atoms with Crippen LogP contribution in [0.2, 0.25) is 5.02 Å². The van der Waals surface area contributed by atoms with E-state index in [9.17, 15) is 4.79 Å². The Morgan fingerprint density at radius 3 is 2.78 bits per heavy atom. The maximum absolute atomic E-state index is 12.7. The summed E-state index contributed by atoms with van der Waals surface area (Å²) in [6.45, 7) is 5.43. The molecule has 1 amide bonds. The smallest absolute Gasteiger partial charge is 0.241 e. The van der Waals surface area contributed by atoms with Gasteiger partial charge in [-0.2, -0.15) is 0 Å². The number of nitrogens with one attached hydrogen (secondary N) is 1. The minimum atomic E-state index is -0.835. The molecular weight excluding hydrogens is 312 g/mol. The monoisotopic (exact) mass is 336 g/mol. The third-order valence-electron chi connectivity index (χ3n) is 5.67. The Labute approximate surface area is 142 Å². The fourth-order valence-electron chi connectivity index (χ4n) is 4.15. The van der Waals surface area contributed by atoms with Gasteiger partial charge in [0, 0.05) is 29.5 Å². The van der Waals surface area contributed by atoms with E-state index < -0.39 is 5.54 Å². The Kier molecular flexibility index (Phi) is 4.43. The van der Waals surface area contributed by atoms with Crippen molar-refractivity contribution in [3.05, 3.63) is 34.9 Å². The zero-order valence-corrected chi connectivity index (χ0v) is 14.5. The van der Waals surface area contributed by atoms with Crippen molar-refractivity contribution in [3.63, 3.8) is 0 Å². The second kappa shape index (κ2) is 6.08. The van der Waals surface area contributed by atoms with Gasteiger partial charge in [0.15, 0.2) is 0 Å². The molecule has 2 fully saturated rings. The predicted molar refractivity (Wildman–Crippen MR) is 91.3 cm³/mol. The SMILES string of the molecule is CC1(C)C2OCCCC2C1(N)C(=O)NCCc1ccc(Cl)cc1. The number of halogens is 1. The van der Waals surface area contributed by atoms with E-state index >= 15 is 0 Å². The lowest BCUT2D eigenvalue weighted by molar-refractivity contribution is -0.225. The van der Waals surface area contributed by atoms with Crippen molar-refractivity contribution in [3.8, 4) is 0 Å². The lowest BCUT2D eigenvalue weighted by atomic mass is 9.46. The van der Waals surface area contributed by atoms with Crippen LogP contribution in [-0.2, 0) is 16.0 Å². The van der Waals surface area contributed by atoms with E-state index in [0.717, 1.165) is 36.5 Å². The molecule has 23 heavy (non-hydrogen) atoms. The number of amides is 1. The summed E-state index contributed by atoms with van der Waals surface area (Å²) < 4.78 is 5.85. The number of hydrogen-bond donors (Lipinski definition) is 2. The number of hydrogen-bond acceptors (Lipinski definition) is 3. The molecule has 1 saturated heterocycles. The van der Waals surface area contributed by atoms with Crippen LogP contribution in [0.5, 0.6) is 0 Å². The first kappa shape index (κ1) is 16.7. The summed E-state index contributed by atoms with van der Waals surface area (Å²) in [5, 5.41) is 3.75. The van der Waals surface area contributed by atoms with Crippen LogP contribution >= 0.6 is 11.6 Å². The quantitative estimate of drug-likeness (QED) is 0.888. The maximum atomic E-state index is 12.7. The predicted octanol–water partition coefficient (Wildman–Crippen LogP) is 2.53. The van der Waals surface area contributed by atoms with Crippen molar-refractivity contribution >= 4 is 17.5 Å². The molecule has 3 N–H and O–H groups in total. The fraction of sp³-hybridized carbons (Fsp3) is 0.611. The molecule has 0 spiro atoms. The zero-order valence-electron chi connectivity index (χ0n) is 13.8. The fourth-order valence-corrected chi connectivity index (χ4v) is 4.28. The summed E-state index contributed by atoms with van der Waals surface area (Å²) in [6, 6.07) is 7.68. The summed E-state index contributed by atoms with van der Waals surface area (Å²) in [4.78, 5) is 12.7.